The maximum absolute atomic E-state index is 12.5. The molecule has 0 saturated carbocycles. The quantitative estimate of drug-likeness (QED) is 0.296. The Kier molecular flexibility index (Phi) is 13.2. The van der Waals surface area contributed by atoms with E-state index in [4.69, 9.17) is 18.9 Å². The lowest BCUT2D eigenvalue weighted by Gasteiger charge is -2.21. The molecule has 1 rings (SSSR count). The maximum atomic E-state index is 12.5. The monoisotopic (exact) mass is 507 g/mol. The molecule has 0 heterocycles. The number of methoxy groups -OCH3 is 1. The van der Waals surface area contributed by atoms with E-state index < -0.39 is 30.1 Å². The number of hydrogen-bond donors (Lipinski definition) is 1. The zero-order chi connectivity index (χ0) is 27.4. The first-order valence-corrected chi connectivity index (χ1v) is 12.5. The molecule has 0 fully saturated rings. The van der Waals surface area contributed by atoms with Crippen molar-refractivity contribution in [3.63, 3.8) is 0 Å². The summed E-state index contributed by atoms with van der Waals surface area (Å²) in [4.78, 5) is 49.1. The Morgan fingerprint density at radius 1 is 0.806 bits per heavy atom. The molecule has 1 N–H and O–H groups in total. The summed E-state index contributed by atoms with van der Waals surface area (Å²) in [6, 6.07) is 4.08. The highest BCUT2D eigenvalue weighted by Gasteiger charge is 2.24. The van der Waals surface area contributed by atoms with E-state index in [0.29, 0.717) is 18.4 Å². The molecule has 4 atom stereocenters. The molecule has 1 aromatic rings. The molecule has 3 unspecified atom stereocenters. The first kappa shape index (κ1) is 31.1. The predicted molar refractivity (Wildman–Crippen MR) is 135 cm³/mol. The van der Waals surface area contributed by atoms with Crippen molar-refractivity contribution in [1.82, 2.24) is 5.32 Å². The molecule has 0 spiro atoms. The molecule has 0 radical (unpaired) electrons. The first-order chi connectivity index (χ1) is 16.9. The smallest absolute Gasteiger partial charge is 0.323 e. The van der Waals surface area contributed by atoms with Gasteiger partial charge in [0, 0.05) is 6.54 Å². The van der Waals surface area contributed by atoms with E-state index in [1.54, 1.807) is 52.8 Å². The van der Waals surface area contributed by atoms with Crippen LogP contribution in [0.2, 0.25) is 0 Å². The summed E-state index contributed by atoms with van der Waals surface area (Å²) in [6.45, 7) is 12.7. The average molecular weight is 508 g/mol. The van der Waals surface area contributed by atoms with Gasteiger partial charge in [0.1, 0.15) is 12.1 Å². The summed E-state index contributed by atoms with van der Waals surface area (Å²) in [6.07, 6.45) is 0.942. The second kappa shape index (κ2) is 15.2. The van der Waals surface area contributed by atoms with Crippen molar-refractivity contribution < 1.29 is 38.1 Å². The van der Waals surface area contributed by atoms with Gasteiger partial charge in [0.05, 0.1) is 24.9 Å². The van der Waals surface area contributed by atoms with Gasteiger partial charge in [0.15, 0.2) is 11.5 Å². The molecule has 1 aromatic carbocycles. The second-order valence-electron chi connectivity index (χ2n) is 9.33. The Bertz CT molecular complexity index is 898. The van der Waals surface area contributed by atoms with Crippen molar-refractivity contribution in [3.8, 4) is 11.5 Å². The summed E-state index contributed by atoms with van der Waals surface area (Å²) in [5.74, 6) is -2.36. The van der Waals surface area contributed by atoms with E-state index in [1.807, 2.05) is 13.8 Å². The SMILES string of the molecule is CCC(C)C(=O)Oc1ccc(C[C@H](NCC(C)OC(=O)C(C)C)C(=O)OC)cc1OC(=O)C(C)CC. The van der Waals surface area contributed by atoms with Crippen LogP contribution in [0.15, 0.2) is 18.2 Å². The van der Waals surface area contributed by atoms with Crippen molar-refractivity contribution in [1.29, 1.82) is 0 Å². The van der Waals surface area contributed by atoms with Crippen LogP contribution in [0.3, 0.4) is 0 Å². The second-order valence-corrected chi connectivity index (χ2v) is 9.33. The van der Waals surface area contributed by atoms with E-state index in [9.17, 15) is 19.2 Å². The standard InChI is InChI=1S/C27H41NO8/c1-9-17(5)25(30)35-22-12-11-20(14-23(22)36-26(31)18(6)10-2)13-21(27(32)33-8)28-15-19(7)34-24(29)16(3)4/h11-12,14,16-19,21,28H,9-10,13,15H2,1-8H3/t17?,18?,19?,21-/m0/s1. The molecular weight excluding hydrogens is 466 g/mol. The van der Waals surface area contributed by atoms with Crippen LogP contribution in [0.25, 0.3) is 0 Å². The lowest BCUT2D eigenvalue weighted by atomic mass is 10.0. The molecule has 202 valence electrons. The molecule has 0 aliphatic heterocycles. The highest BCUT2D eigenvalue weighted by Crippen LogP contribution is 2.31. The minimum absolute atomic E-state index is 0.109. The highest BCUT2D eigenvalue weighted by atomic mass is 16.6. The number of esters is 4. The molecule has 9 heteroatoms. The molecule has 0 aliphatic carbocycles. The van der Waals surface area contributed by atoms with Gasteiger partial charge in [-0.2, -0.15) is 0 Å². The number of nitrogens with one attached hydrogen (secondary N) is 1. The summed E-state index contributed by atoms with van der Waals surface area (Å²) in [5, 5.41) is 3.08. The number of carbonyl (C=O) groups is 4. The normalized spacial score (nSPS) is 14.4. The van der Waals surface area contributed by atoms with Crippen molar-refractivity contribution in [2.75, 3.05) is 13.7 Å². The lowest BCUT2D eigenvalue weighted by molar-refractivity contribution is -0.152. The van der Waals surface area contributed by atoms with Gasteiger partial charge in [-0.3, -0.25) is 19.2 Å². The van der Waals surface area contributed by atoms with Crippen LogP contribution in [-0.2, 0) is 35.1 Å². The molecular formula is C27H41NO8. The number of carbonyl (C=O) groups excluding carboxylic acids is 4. The van der Waals surface area contributed by atoms with Gasteiger partial charge in [0.25, 0.3) is 0 Å². The Labute approximate surface area is 214 Å². The van der Waals surface area contributed by atoms with Gasteiger partial charge in [0.2, 0.25) is 0 Å². The summed E-state index contributed by atoms with van der Waals surface area (Å²) >= 11 is 0. The summed E-state index contributed by atoms with van der Waals surface area (Å²) in [7, 11) is 1.29. The van der Waals surface area contributed by atoms with Gasteiger partial charge in [-0.1, -0.05) is 47.6 Å². The molecule has 0 saturated heterocycles. The van der Waals surface area contributed by atoms with Gasteiger partial charge < -0.3 is 24.3 Å². The molecule has 0 aliphatic rings. The summed E-state index contributed by atoms with van der Waals surface area (Å²) < 4.78 is 21.4. The van der Waals surface area contributed by atoms with Gasteiger partial charge in [-0.05, 0) is 43.9 Å². The Balaban J connectivity index is 3.12. The molecule has 0 amide bonds. The van der Waals surface area contributed by atoms with Crippen LogP contribution in [0.5, 0.6) is 11.5 Å². The topological polar surface area (TPSA) is 117 Å². The Morgan fingerprint density at radius 3 is 1.86 bits per heavy atom. The van der Waals surface area contributed by atoms with Crippen LogP contribution in [0.1, 0.15) is 66.9 Å². The van der Waals surface area contributed by atoms with E-state index in [0.717, 1.165) is 0 Å². The maximum Gasteiger partial charge on any atom is 0.323 e. The first-order valence-electron chi connectivity index (χ1n) is 12.5. The van der Waals surface area contributed by atoms with Crippen molar-refractivity contribution >= 4 is 23.9 Å². The van der Waals surface area contributed by atoms with Crippen molar-refractivity contribution in [2.45, 2.75) is 79.9 Å². The molecule has 0 aromatic heterocycles. The molecule has 0 bridgehead atoms. The fraction of sp³-hybridized carbons (Fsp3) is 0.630. The van der Waals surface area contributed by atoms with Crippen LogP contribution < -0.4 is 14.8 Å². The lowest BCUT2D eigenvalue weighted by Crippen LogP contribution is -2.43. The Morgan fingerprint density at radius 2 is 1.36 bits per heavy atom. The average Bonchev–Trinajstić information content (AvgIpc) is 2.85. The van der Waals surface area contributed by atoms with E-state index >= 15 is 0 Å². The zero-order valence-electron chi connectivity index (χ0n) is 22.7. The van der Waals surface area contributed by atoms with E-state index in [-0.39, 0.29) is 48.2 Å². The number of rotatable bonds is 14. The Hall–Kier alpha value is -2.94. The van der Waals surface area contributed by atoms with Crippen LogP contribution >= 0.6 is 0 Å². The fourth-order valence-electron chi connectivity index (χ4n) is 2.90. The van der Waals surface area contributed by atoms with E-state index in [1.165, 1.54) is 7.11 Å². The highest BCUT2D eigenvalue weighted by molar-refractivity contribution is 5.79. The third-order valence-corrected chi connectivity index (χ3v) is 5.82. The largest absolute Gasteiger partial charge is 0.468 e. The summed E-state index contributed by atoms with van der Waals surface area (Å²) in [5.41, 5.74) is 0.653. The van der Waals surface area contributed by atoms with Crippen molar-refractivity contribution in [2.24, 2.45) is 17.8 Å². The number of benzene rings is 1. The van der Waals surface area contributed by atoms with Crippen LogP contribution in [-0.4, -0.2) is 49.7 Å². The van der Waals surface area contributed by atoms with Gasteiger partial charge in [-0.25, -0.2) is 0 Å². The van der Waals surface area contributed by atoms with E-state index in [2.05, 4.69) is 5.32 Å². The zero-order valence-corrected chi connectivity index (χ0v) is 22.7. The fourth-order valence-corrected chi connectivity index (χ4v) is 2.90. The van der Waals surface area contributed by atoms with Crippen LogP contribution in [0.4, 0.5) is 0 Å². The minimum Gasteiger partial charge on any atom is -0.468 e. The van der Waals surface area contributed by atoms with Gasteiger partial charge in [-0.15, -0.1) is 0 Å². The molecule has 9 nitrogen and oxygen atoms in total. The number of hydrogen-bond acceptors (Lipinski definition) is 9. The third kappa shape index (κ3) is 9.97. The third-order valence-electron chi connectivity index (χ3n) is 5.82. The molecule has 36 heavy (non-hydrogen) atoms. The minimum atomic E-state index is -0.748. The van der Waals surface area contributed by atoms with Crippen LogP contribution in [0, 0.1) is 17.8 Å². The number of ether oxygens (including phenoxy) is 4. The predicted octanol–water partition coefficient (Wildman–Crippen LogP) is 3.85. The van der Waals surface area contributed by atoms with Gasteiger partial charge >= 0.3 is 23.9 Å². The van der Waals surface area contributed by atoms with Crippen molar-refractivity contribution in [3.05, 3.63) is 23.8 Å².